The van der Waals surface area contributed by atoms with Crippen LogP contribution in [-0.4, -0.2) is 16.3 Å². The van der Waals surface area contributed by atoms with E-state index in [2.05, 4.69) is 4.98 Å². The van der Waals surface area contributed by atoms with Crippen LogP contribution in [0.5, 0.6) is 0 Å². The number of alkyl halides is 3. The molecule has 0 fully saturated rings. The Morgan fingerprint density at radius 2 is 1.71 bits per heavy atom. The maximum atomic E-state index is 13.9. The summed E-state index contributed by atoms with van der Waals surface area (Å²) >= 11 is 0.832. The van der Waals surface area contributed by atoms with Gasteiger partial charge < -0.3 is 10.8 Å². The number of benzene rings is 2. The molecule has 2 aromatic carbocycles. The van der Waals surface area contributed by atoms with Crippen molar-refractivity contribution in [1.82, 2.24) is 4.98 Å². The first-order valence-electron chi connectivity index (χ1n) is 7.17. The summed E-state index contributed by atoms with van der Waals surface area (Å²) < 4.78 is 42.3. The van der Waals surface area contributed by atoms with Gasteiger partial charge in [-0.15, -0.1) is 11.3 Å². The highest BCUT2D eigenvalue weighted by atomic mass is 32.1. The van der Waals surface area contributed by atoms with E-state index in [9.17, 15) is 18.3 Å². The molecule has 0 spiro atoms. The molecule has 1 aromatic heterocycles. The van der Waals surface area contributed by atoms with E-state index in [1.54, 1.807) is 31.2 Å². The second-order valence-corrected chi connectivity index (χ2v) is 6.68. The fourth-order valence-corrected chi connectivity index (χ4v) is 3.74. The lowest BCUT2D eigenvalue weighted by Gasteiger charge is -2.31. The Morgan fingerprint density at radius 1 is 1.04 bits per heavy atom. The average molecular weight is 352 g/mol. The van der Waals surface area contributed by atoms with E-state index in [0.29, 0.717) is 27.0 Å². The predicted molar refractivity (Wildman–Crippen MR) is 89.0 cm³/mol. The molecule has 3 rings (SSSR count). The minimum atomic E-state index is -4.92. The van der Waals surface area contributed by atoms with Gasteiger partial charge in [-0.1, -0.05) is 18.2 Å². The van der Waals surface area contributed by atoms with Gasteiger partial charge >= 0.3 is 6.18 Å². The smallest absolute Gasteiger partial charge is 0.399 e. The highest BCUT2D eigenvalue weighted by Crippen LogP contribution is 2.48. The molecule has 3 nitrogen and oxygen atoms in total. The number of fused-ring (bicyclic) bond motifs is 1. The van der Waals surface area contributed by atoms with Crippen LogP contribution in [0.25, 0.3) is 10.2 Å². The summed E-state index contributed by atoms with van der Waals surface area (Å²) in [5.41, 5.74) is 3.95. The van der Waals surface area contributed by atoms with Gasteiger partial charge in [-0.05, 0) is 43.2 Å². The molecule has 3 N–H and O–H groups in total. The van der Waals surface area contributed by atoms with Gasteiger partial charge in [-0.25, -0.2) is 4.98 Å². The van der Waals surface area contributed by atoms with E-state index in [1.807, 2.05) is 0 Å². The standard InChI is InChI=1S/C17H15F3N2OS/c1-9-10(2)12(21)8-7-11(9)16(23,17(18,19)20)15-22-13-5-3-4-6-14(13)24-15/h3-8,23H,21H2,1-2H3/t16-/m0/s1. The summed E-state index contributed by atoms with van der Waals surface area (Å²) in [4.78, 5) is 4.04. The highest BCUT2D eigenvalue weighted by Gasteiger charge is 2.59. The first kappa shape index (κ1) is 16.7. The number of para-hydroxylation sites is 1. The van der Waals surface area contributed by atoms with Crippen molar-refractivity contribution in [3.8, 4) is 0 Å². The zero-order valence-electron chi connectivity index (χ0n) is 13.0. The number of aromatic nitrogens is 1. The fraction of sp³-hybridized carbons (Fsp3) is 0.235. The zero-order valence-corrected chi connectivity index (χ0v) is 13.8. The van der Waals surface area contributed by atoms with Crippen molar-refractivity contribution >= 4 is 27.2 Å². The van der Waals surface area contributed by atoms with Crippen LogP contribution in [0.4, 0.5) is 18.9 Å². The lowest BCUT2D eigenvalue weighted by Crippen LogP contribution is -2.44. The number of nitrogen functional groups attached to an aromatic ring is 1. The van der Waals surface area contributed by atoms with Gasteiger partial charge in [0.05, 0.1) is 10.2 Å². The van der Waals surface area contributed by atoms with Crippen molar-refractivity contribution in [2.75, 3.05) is 5.73 Å². The van der Waals surface area contributed by atoms with Gasteiger partial charge in [-0.3, -0.25) is 0 Å². The Morgan fingerprint density at radius 3 is 2.33 bits per heavy atom. The normalized spacial score (nSPS) is 14.8. The average Bonchev–Trinajstić information content (AvgIpc) is 2.95. The first-order chi connectivity index (χ1) is 11.2. The molecule has 0 aliphatic heterocycles. The number of rotatable bonds is 2. The van der Waals surface area contributed by atoms with Crippen LogP contribution in [0.1, 0.15) is 21.7 Å². The molecule has 126 valence electrons. The maximum absolute atomic E-state index is 13.9. The maximum Gasteiger partial charge on any atom is 0.428 e. The van der Waals surface area contributed by atoms with E-state index in [4.69, 9.17) is 5.73 Å². The van der Waals surface area contributed by atoms with Crippen LogP contribution in [-0.2, 0) is 5.60 Å². The lowest BCUT2D eigenvalue weighted by molar-refractivity contribution is -0.248. The molecule has 24 heavy (non-hydrogen) atoms. The second-order valence-electron chi connectivity index (χ2n) is 5.65. The molecule has 0 saturated heterocycles. The number of halogens is 3. The van der Waals surface area contributed by atoms with Crippen LogP contribution < -0.4 is 5.73 Å². The molecule has 0 aliphatic rings. The van der Waals surface area contributed by atoms with E-state index in [-0.39, 0.29) is 5.56 Å². The van der Waals surface area contributed by atoms with Gasteiger partial charge in [-0.2, -0.15) is 13.2 Å². The topological polar surface area (TPSA) is 59.1 Å². The van der Waals surface area contributed by atoms with Crippen molar-refractivity contribution < 1.29 is 18.3 Å². The van der Waals surface area contributed by atoms with Crippen molar-refractivity contribution in [3.05, 3.63) is 58.1 Å². The Bertz CT molecular complexity index is 887. The van der Waals surface area contributed by atoms with Crippen LogP contribution in [0.3, 0.4) is 0 Å². The molecule has 0 aliphatic carbocycles. The van der Waals surface area contributed by atoms with Crippen LogP contribution in [0.2, 0.25) is 0 Å². The Balaban J connectivity index is 2.32. The van der Waals surface area contributed by atoms with E-state index in [0.717, 1.165) is 11.3 Å². The number of anilines is 1. The number of aliphatic hydroxyl groups is 1. The van der Waals surface area contributed by atoms with Gasteiger partial charge in [0.25, 0.3) is 0 Å². The number of nitrogens with two attached hydrogens (primary N) is 1. The summed E-state index contributed by atoms with van der Waals surface area (Å²) in [6.45, 7) is 3.15. The molecule has 0 unspecified atom stereocenters. The van der Waals surface area contributed by atoms with E-state index < -0.39 is 16.8 Å². The molecule has 0 amide bonds. The second kappa shape index (κ2) is 5.46. The number of thiazole rings is 1. The number of nitrogens with zero attached hydrogens (tertiary/aromatic N) is 1. The zero-order chi connectivity index (χ0) is 17.7. The summed E-state index contributed by atoms with van der Waals surface area (Å²) in [7, 11) is 0. The van der Waals surface area contributed by atoms with Crippen LogP contribution in [0, 0.1) is 13.8 Å². The Labute approximate surface area is 140 Å². The third-order valence-corrected chi connectivity index (χ3v) is 5.38. The van der Waals surface area contributed by atoms with E-state index in [1.165, 1.54) is 19.1 Å². The summed E-state index contributed by atoms with van der Waals surface area (Å²) in [5, 5.41) is 10.4. The fourth-order valence-electron chi connectivity index (χ4n) is 2.65. The van der Waals surface area contributed by atoms with E-state index >= 15 is 0 Å². The van der Waals surface area contributed by atoms with Crippen molar-refractivity contribution in [3.63, 3.8) is 0 Å². The molecule has 0 saturated carbocycles. The van der Waals surface area contributed by atoms with Gasteiger partial charge in [0.1, 0.15) is 5.01 Å². The molecule has 0 radical (unpaired) electrons. The van der Waals surface area contributed by atoms with Crippen molar-refractivity contribution in [2.24, 2.45) is 0 Å². The monoisotopic (exact) mass is 352 g/mol. The van der Waals surface area contributed by atoms with Crippen LogP contribution >= 0.6 is 11.3 Å². The molecule has 0 bridgehead atoms. The van der Waals surface area contributed by atoms with Gasteiger partial charge in [0.15, 0.2) is 0 Å². The molecular weight excluding hydrogens is 337 g/mol. The predicted octanol–water partition coefficient (Wildman–Crippen LogP) is 4.29. The summed E-state index contributed by atoms with van der Waals surface area (Å²) in [6, 6.07) is 9.30. The van der Waals surface area contributed by atoms with Crippen molar-refractivity contribution in [1.29, 1.82) is 0 Å². The largest absolute Gasteiger partial charge is 0.428 e. The molecule has 3 aromatic rings. The third-order valence-electron chi connectivity index (χ3n) is 4.23. The highest BCUT2D eigenvalue weighted by molar-refractivity contribution is 7.18. The quantitative estimate of drug-likeness (QED) is 0.676. The molecule has 1 atom stereocenters. The first-order valence-corrected chi connectivity index (χ1v) is 7.99. The summed E-state index contributed by atoms with van der Waals surface area (Å²) in [6.07, 6.45) is -4.92. The minimum Gasteiger partial charge on any atom is -0.399 e. The Kier molecular flexibility index (Phi) is 3.80. The van der Waals surface area contributed by atoms with Gasteiger partial charge in [0, 0.05) is 11.3 Å². The van der Waals surface area contributed by atoms with Crippen LogP contribution in [0.15, 0.2) is 36.4 Å². The minimum absolute atomic E-state index is 0.249. The molecule has 1 heterocycles. The molecular formula is C17H15F3N2OS. The third kappa shape index (κ3) is 2.35. The summed E-state index contributed by atoms with van der Waals surface area (Å²) in [5.74, 6) is 0. The van der Waals surface area contributed by atoms with Crippen molar-refractivity contribution in [2.45, 2.75) is 25.6 Å². The SMILES string of the molecule is Cc1c(N)ccc([C@](O)(c2nc3ccccc3s2)C(F)(F)F)c1C. The van der Waals surface area contributed by atoms with Gasteiger partial charge in [0.2, 0.25) is 5.60 Å². The Hall–Kier alpha value is -2.12. The number of hydrogen-bond acceptors (Lipinski definition) is 4. The lowest BCUT2D eigenvalue weighted by atomic mass is 9.87. The molecule has 7 heteroatoms. The number of hydrogen-bond donors (Lipinski definition) is 2.